The van der Waals surface area contributed by atoms with Gasteiger partial charge in [0.15, 0.2) is 0 Å². The summed E-state index contributed by atoms with van der Waals surface area (Å²) in [6, 6.07) is 5.51. The summed E-state index contributed by atoms with van der Waals surface area (Å²) in [5.41, 5.74) is 0.518. The fourth-order valence-corrected chi connectivity index (χ4v) is 0.947. The number of ether oxygens (including phenoxy) is 1. The van der Waals surface area contributed by atoms with Gasteiger partial charge in [-0.3, -0.25) is 5.32 Å². The van der Waals surface area contributed by atoms with Gasteiger partial charge in [0, 0.05) is 5.69 Å². The Morgan fingerprint density at radius 3 is 2.60 bits per heavy atom. The monoisotopic (exact) mass is 211 g/mol. The van der Waals surface area contributed by atoms with E-state index in [1.165, 1.54) is 24.3 Å². The average Bonchev–Trinajstić information content (AvgIpc) is 2.21. The maximum atomic E-state index is 12.5. The molecule has 1 unspecified atom stereocenters. The van der Waals surface area contributed by atoms with E-state index in [0.717, 1.165) is 6.42 Å². The fourth-order valence-electron chi connectivity index (χ4n) is 0.947. The van der Waals surface area contributed by atoms with Crippen molar-refractivity contribution in [3.05, 3.63) is 30.1 Å². The van der Waals surface area contributed by atoms with Crippen LogP contribution >= 0.6 is 0 Å². The van der Waals surface area contributed by atoms with Gasteiger partial charge in [0.05, 0.1) is 0 Å². The van der Waals surface area contributed by atoms with E-state index in [-0.39, 0.29) is 11.9 Å². The molecular weight excluding hydrogens is 197 g/mol. The van der Waals surface area contributed by atoms with E-state index in [4.69, 9.17) is 4.74 Å². The average molecular weight is 211 g/mol. The zero-order valence-electron chi connectivity index (χ0n) is 8.79. The van der Waals surface area contributed by atoms with Crippen molar-refractivity contribution >= 4 is 11.8 Å². The molecule has 3 nitrogen and oxygen atoms in total. The molecule has 0 fully saturated rings. The van der Waals surface area contributed by atoms with E-state index in [1.54, 1.807) is 0 Å². The summed E-state index contributed by atoms with van der Waals surface area (Å²) in [7, 11) is 0. The molecule has 0 aliphatic carbocycles. The SMILES string of the molecule is CCC(C)OC(=O)Nc1ccc(F)cc1. The first-order valence-corrected chi connectivity index (χ1v) is 4.85. The van der Waals surface area contributed by atoms with E-state index in [9.17, 15) is 9.18 Å². The highest BCUT2D eigenvalue weighted by Gasteiger charge is 2.07. The lowest BCUT2D eigenvalue weighted by molar-refractivity contribution is 0.118. The second kappa shape index (κ2) is 5.34. The van der Waals surface area contributed by atoms with Crippen LogP contribution in [-0.2, 0) is 4.74 Å². The van der Waals surface area contributed by atoms with Crippen LogP contribution in [0, 0.1) is 5.82 Å². The molecule has 1 N–H and O–H groups in total. The van der Waals surface area contributed by atoms with Crippen molar-refractivity contribution in [1.29, 1.82) is 0 Å². The minimum absolute atomic E-state index is 0.120. The van der Waals surface area contributed by atoms with Crippen LogP contribution in [-0.4, -0.2) is 12.2 Å². The summed E-state index contributed by atoms with van der Waals surface area (Å²) in [5.74, 6) is -0.337. The van der Waals surface area contributed by atoms with Gasteiger partial charge in [0.2, 0.25) is 0 Å². The minimum atomic E-state index is -0.518. The van der Waals surface area contributed by atoms with Gasteiger partial charge in [-0.1, -0.05) is 6.92 Å². The second-order valence-corrected chi connectivity index (χ2v) is 3.26. The maximum absolute atomic E-state index is 12.5. The van der Waals surface area contributed by atoms with Crippen molar-refractivity contribution in [2.75, 3.05) is 5.32 Å². The first kappa shape index (κ1) is 11.5. The molecule has 0 saturated carbocycles. The Labute approximate surface area is 88.2 Å². The molecule has 0 heterocycles. The lowest BCUT2D eigenvalue weighted by atomic mass is 10.3. The van der Waals surface area contributed by atoms with Crippen LogP contribution in [0.15, 0.2) is 24.3 Å². The summed E-state index contributed by atoms with van der Waals surface area (Å²) in [5, 5.41) is 2.51. The number of nitrogens with one attached hydrogen (secondary N) is 1. The summed E-state index contributed by atoms with van der Waals surface area (Å²) < 4.78 is 17.5. The molecule has 1 aromatic carbocycles. The normalized spacial score (nSPS) is 11.9. The molecule has 0 bridgehead atoms. The lowest BCUT2D eigenvalue weighted by Crippen LogP contribution is -2.19. The lowest BCUT2D eigenvalue weighted by Gasteiger charge is -2.11. The number of halogens is 1. The van der Waals surface area contributed by atoms with Gasteiger partial charge in [-0.15, -0.1) is 0 Å². The molecule has 0 aliphatic heterocycles. The van der Waals surface area contributed by atoms with Crippen molar-refractivity contribution in [2.24, 2.45) is 0 Å². The van der Waals surface area contributed by atoms with Crippen LogP contribution in [0.1, 0.15) is 20.3 Å². The summed E-state index contributed by atoms with van der Waals surface area (Å²) in [6.45, 7) is 3.74. The largest absolute Gasteiger partial charge is 0.446 e. The van der Waals surface area contributed by atoms with Crippen molar-refractivity contribution in [3.63, 3.8) is 0 Å². The van der Waals surface area contributed by atoms with Crippen LogP contribution in [0.25, 0.3) is 0 Å². The summed E-state index contributed by atoms with van der Waals surface area (Å²) >= 11 is 0. The molecule has 0 saturated heterocycles. The topological polar surface area (TPSA) is 38.3 Å². The van der Waals surface area contributed by atoms with Gasteiger partial charge < -0.3 is 4.74 Å². The van der Waals surface area contributed by atoms with Crippen LogP contribution < -0.4 is 5.32 Å². The molecule has 0 aliphatic rings. The third-order valence-corrected chi connectivity index (χ3v) is 1.97. The van der Waals surface area contributed by atoms with Crippen LogP contribution in [0.4, 0.5) is 14.9 Å². The first-order chi connectivity index (χ1) is 7.11. The molecule has 0 radical (unpaired) electrons. The molecule has 82 valence electrons. The second-order valence-electron chi connectivity index (χ2n) is 3.26. The Hall–Kier alpha value is -1.58. The number of benzene rings is 1. The zero-order valence-corrected chi connectivity index (χ0v) is 8.79. The van der Waals surface area contributed by atoms with E-state index >= 15 is 0 Å². The Morgan fingerprint density at radius 1 is 1.47 bits per heavy atom. The number of rotatable bonds is 3. The number of carbonyl (C=O) groups excluding carboxylic acids is 1. The quantitative estimate of drug-likeness (QED) is 0.833. The van der Waals surface area contributed by atoms with E-state index < -0.39 is 6.09 Å². The predicted octanol–water partition coefficient (Wildman–Crippen LogP) is 3.17. The van der Waals surface area contributed by atoms with Crippen molar-refractivity contribution in [3.8, 4) is 0 Å². The van der Waals surface area contributed by atoms with Gasteiger partial charge in [-0.05, 0) is 37.6 Å². The van der Waals surface area contributed by atoms with E-state index in [1.807, 2.05) is 13.8 Å². The Bertz CT molecular complexity index is 324. The highest BCUT2D eigenvalue weighted by Crippen LogP contribution is 2.09. The number of amides is 1. The third kappa shape index (κ3) is 3.97. The van der Waals surface area contributed by atoms with Crippen LogP contribution in [0.5, 0.6) is 0 Å². The number of hydrogen-bond acceptors (Lipinski definition) is 2. The summed E-state index contributed by atoms with van der Waals surface area (Å²) in [4.78, 5) is 11.2. The van der Waals surface area contributed by atoms with E-state index in [2.05, 4.69) is 5.32 Å². The van der Waals surface area contributed by atoms with Crippen LogP contribution in [0.3, 0.4) is 0 Å². The Morgan fingerprint density at radius 2 is 2.07 bits per heavy atom. The molecule has 1 rings (SSSR count). The molecule has 0 aromatic heterocycles. The maximum Gasteiger partial charge on any atom is 0.411 e. The van der Waals surface area contributed by atoms with Gasteiger partial charge in [-0.25, -0.2) is 9.18 Å². The minimum Gasteiger partial charge on any atom is -0.446 e. The van der Waals surface area contributed by atoms with Crippen molar-refractivity contribution in [2.45, 2.75) is 26.4 Å². The number of hydrogen-bond donors (Lipinski definition) is 1. The zero-order chi connectivity index (χ0) is 11.3. The molecule has 1 aromatic rings. The molecule has 0 spiro atoms. The molecule has 1 amide bonds. The van der Waals surface area contributed by atoms with Crippen molar-refractivity contribution in [1.82, 2.24) is 0 Å². The third-order valence-electron chi connectivity index (χ3n) is 1.97. The molecule has 1 atom stereocenters. The van der Waals surface area contributed by atoms with Gasteiger partial charge >= 0.3 is 6.09 Å². The number of carbonyl (C=O) groups is 1. The standard InChI is InChI=1S/C11H14FNO2/c1-3-8(2)15-11(14)13-10-6-4-9(12)5-7-10/h4-8H,3H2,1-2H3,(H,13,14). The van der Waals surface area contributed by atoms with Gasteiger partial charge in [-0.2, -0.15) is 0 Å². The Balaban J connectivity index is 2.48. The van der Waals surface area contributed by atoms with E-state index in [0.29, 0.717) is 5.69 Å². The van der Waals surface area contributed by atoms with Crippen LogP contribution in [0.2, 0.25) is 0 Å². The molecule has 15 heavy (non-hydrogen) atoms. The highest BCUT2D eigenvalue weighted by molar-refractivity contribution is 5.84. The molecular formula is C11H14FNO2. The summed E-state index contributed by atoms with van der Waals surface area (Å²) in [6.07, 6.45) is 0.123. The van der Waals surface area contributed by atoms with Gasteiger partial charge in [0.25, 0.3) is 0 Å². The van der Waals surface area contributed by atoms with Gasteiger partial charge in [0.1, 0.15) is 11.9 Å². The first-order valence-electron chi connectivity index (χ1n) is 4.85. The van der Waals surface area contributed by atoms with Crippen molar-refractivity contribution < 1.29 is 13.9 Å². The smallest absolute Gasteiger partial charge is 0.411 e. The number of anilines is 1. The fraction of sp³-hybridized carbons (Fsp3) is 0.364. The molecule has 4 heteroatoms. The predicted molar refractivity (Wildman–Crippen MR) is 56.3 cm³/mol. The highest BCUT2D eigenvalue weighted by atomic mass is 19.1. The Kier molecular flexibility index (Phi) is 4.09.